The molecule has 1 aliphatic heterocycles. The van der Waals surface area contributed by atoms with Crippen molar-refractivity contribution in [1.82, 2.24) is 9.91 Å². The minimum Gasteiger partial charge on any atom is -0.465 e. The zero-order valence-electron chi connectivity index (χ0n) is 14.1. The highest BCUT2D eigenvalue weighted by Crippen LogP contribution is 2.17. The van der Waals surface area contributed by atoms with Crippen LogP contribution in [0.1, 0.15) is 40.5 Å². The van der Waals surface area contributed by atoms with Gasteiger partial charge in [0.05, 0.1) is 24.8 Å². The van der Waals surface area contributed by atoms with Crippen molar-refractivity contribution >= 4 is 17.7 Å². The first-order chi connectivity index (χ1) is 10.1. The van der Waals surface area contributed by atoms with Crippen molar-refractivity contribution in [3.8, 4) is 0 Å². The lowest BCUT2D eigenvalue weighted by molar-refractivity contribution is -0.128. The molecule has 126 valence electrons. The number of carbonyl (C=O) groups excluding carboxylic acids is 1. The number of hydrogen-bond donors (Lipinski definition) is 1. The van der Waals surface area contributed by atoms with Gasteiger partial charge in [-0.3, -0.25) is 4.79 Å². The van der Waals surface area contributed by atoms with Gasteiger partial charge in [-0.15, -0.1) is 0 Å². The number of carboxylic acid groups (broad SMARTS) is 1. The summed E-state index contributed by atoms with van der Waals surface area (Å²) in [7, 11) is 1.63. The zero-order chi connectivity index (χ0) is 16.9. The number of methoxy groups -OCH3 is 1. The van der Waals surface area contributed by atoms with Gasteiger partial charge in [0.15, 0.2) is 0 Å². The van der Waals surface area contributed by atoms with E-state index in [1.807, 2.05) is 27.7 Å². The van der Waals surface area contributed by atoms with E-state index < -0.39 is 6.09 Å². The summed E-state index contributed by atoms with van der Waals surface area (Å²) in [5, 5.41) is 15.0. The van der Waals surface area contributed by atoms with Crippen LogP contribution in [0.3, 0.4) is 0 Å². The van der Waals surface area contributed by atoms with Crippen LogP contribution in [0.5, 0.6) is 0 Å². The smallest absolute Gasteiger partial charge is 0.407 e. The highest BCUT2D eigenvalue weighted by Gasteiger charge is 2.28. The van der Waals surface area contributed by atoms with Gasteiger partial charge in [-0.25, -0.2) is 9.80 Å². The standard InChI is InChI=1S/C15H27N3O4/c1-11(22-5)6-7-18-13(19)8-12(16-18)9-17(14(20)21)10-15(2,3)4/h11H,6-10H2,1-5H3,(H,20,21). The third-order valence-corrected chi connectivity index (χ3v) is 3.36. The quantitative estimate of drug-likeness (QED) is 0.779. The lowest BCUT2D eigenvalue weighted by atomic mass is 9.96. The van der Waals surface area contributed by atoms with Gasteiger partial charge < -0.3 is 14.7 Å². The molecule has 0 aromatic rings. The summed E-state index contributed by atoms with van der Waals surface area (Å²) < 4.78 is 5.15. The summed E-state index contributed by atoms with van der Waals surface area (Å²) in [5.41, 5.74) is 0.455. The van der Waals surface area contributed by atoms with Crippen molar-refractivity contribution < 1.29 is 19.4 Å². The Morgan fingerprint density at radius 2 is 2.14 bits per heavy atom. The van der Waals surface area contributed by atoms with Gasteiger partial charge in [0, 0.05) is 20.2 Å². The summed E-state index contributed by atoms with van der Waals surface area (Å²) in [4.78, 5) is 24.6. The molecule has 0 aliphatic carbocycles. The molecule has 22 heavy (non-hydrogen) atoms. The second-order valence-electron chi connectivity index (χ2n) is 6.89. The molecule has 0 saturated heterocycles. The molecule has 0 fully saturated rings. The second kappa shape index (κ2) is 7.58. The molecule has 1 atom stereocenters. The number of hydrogen-bond acceptors (Lipinski definition) is 4. The maximum atomic E-state index is 11.9. The Bertz CT molecular complexity index is 443. The molecule has 7 heteroatoms. The fourth-order valence-electron chi connectivity index (χ4n) is 2.20. The lowest BCUT2D eigenvalue weighted by Gasteiger charge is -2.27. The molecule has 1 unspecified atom stereocenters. The van der Waals surface area contributed by atoms with Gasteiger partial charge in [0.25, 0.3) is 0 Å². The van der Waals surface area contributed by atoms with Crippen LogP contribution in [0.25, 0.3) is 0 Å². The molecule has 0 aromatic carbocycles. The van der Waals surface area contributed by atoms with Crippen LogP contribution in [0, 0.1) is 5.41 Å². The monoisotopic (exact) mass is 313 g/mol. The van der Waals surface area contributed by atoms with Crippen molar-refractivity contribution in [3.05, 3.63) is 0 Å². The summed E-state index contributed by atoms with van der Waals surface area (Å²) in [5.74, 6) is -0.0839. The first kappa shape index (κ1) is 18.4. The Balaban J connectivity index is 2.63. The van der Waals surface area contributed by atoms with Gasteiger partial charge >= 0.3 is 6.09 Å². The fraction of sp³-hybridized carbons (Fsp3) is 0.800. The van der Waals surface area contributed by atoms with E-state index in [0.717, 1.165) is 0 Å². The number of hydrazone groups is 1. The van der Waals surface area contributed by atoms with E-state index in [-0.39, 0.29) is 30.4 Å². The predicted octanol–water partition coefficient (Wildman–Crippen LogP) is 2.03. The molecule has 7 nitrogen and oxygen atoms in total. The van der Waals surface area contributed by atoms with Gasteiger partial charge in [-0.05, 0) is 18.8 Å². The second-order valence-corrected chi connectivity index (χ2v) is 6.89. The van der Waals surface area contributed by atoms with E-state index in [1.165, 1.54) is 9.91 Å². The van der Waals surface area contributed by atoms with Crippen LogP contribution < -0.4 is 0 Å². The number of amides is 2. The van der Waals surface area contributed by atoms with E-state index >= 15 is 0 Å². The van der Waals surface area contributed by atoms with Crippen molar-refractivity contribution in [1.29, 1.82) is 0 Å². The minimum atomic E-state index is -0.989. The van der Waals surface area contributed by atoms with E-state index in [4.69, 9.17) is 4.74 Å². The highest BCUT2D eigenvalue weighted by molar-refractivity contribution is 6.06. The van der Waals surface area contributed by atoms with Crippen molar-refractivity contribution in [3.63, 3.8) is 0 Å². The first-order valence-corrected chi connectivity index (χ1v) is 7.50. The summed E-state index contributed by atoms with van der Waals surface area (Å²) in [6.45, 7) is 8.92. The molecule has 1 rings (SSSR count). The zero-order valence-corrected chi connectivity index (χ0v) is 14.1. The fourth-order valence-corrected chi connectivity index (χ4v) is 2.20. The topological polar surface area (TPSA) is 82.4 Å². The molecule has 0 bridgehead atoms. The van der Waals surface area contributed by atoms with Crippen LogP contribution in [0.4, 0.5) is 4.79 Å². The average molecular weight is 313 g/mol. The third kappa shape index (κ3) is 6.01. The number of rotatable bonds is 7. The third-order valence-electron chi connectivity index (χ3n) is 3.36. The van der Waals surface area contributed by atoms with Crippen molar-refractivity contribution in [2.75, 3.05) is 26.7 Å². The molecule has 0 radical (unpaired) electrons. The van der Waals surface area contributed by atoms with E-state index in [9.17, 15) is 14.7 Å². The summed E-state index contributed by atoms with van der Waals surface area (Å²) in [6.07, 6.45) is -0.0427. The number of ether oxygens (including phenoxy) is 1. The van der Waals surface area contributed by atoms with Crippen molar-refractivity contribution in [2.45, 2.75) is 46.6 Å². The Hall–Kier alpha value is -1.63. The molecule has 0 aromatic heterocycles. The average Bonchev–Trinajstić information content (AvgIpc) is 2.73. The SMILES string of the molecule is COC(C)CCN1N=C(CN(CC(C)(C)C)C(=O)O)CC1=O. The minimum absolute atomic E-state index is 0.0588. The maximum absolute atomic E-state index is 11.9. The van der Waals surface area contributed by atoms with Crippen LogP contribution in [0.15, 0.2) is 5.10 Å². The van der Waals surface area contributed by atoms with Gasteiger partial charge in [-0.2, -0.15) is 5.10 Å². The Labute approximate surface area is 131 Å². The van der Waals surface area contributed by atoms with Gasteiger partial charge in [-0.1, -0.05) is 20.8 Å². The van der Waals surface area contributed by atoms with Crippen LogP contribution in [-0.2, 0) is 9.53 Å². The van der Waals surface area contributed by atoms with Gasteiger partial charge in [0.1, 0.15) is 0 Å². The van der Waals surface area contributed by atoms with Crippen LogP contribution in [0.2, 0.25) is 0 Å². The molecule has 2 amide bonds. The van der Waals surface area contributed by atoms with E-state index in [1.54, 1.807) is 7.11 Å². The Kier molecular flexibility index (Phi) is 6.34. The summed E-state index contributed by atoms with van der Waals surface area (Å²) in [6, 6.07) is 0. The van der Waals surface area contributed by atoms with Crippen LogP contribution in [-0.4, -0.2) is 65.6 Å². The molecule has 1 heterocycles. The molecule has 0 saturated carbocycles. The van der Waals surface area contributed by atoms with E-state index in [2.05, 4.69) is 5.10 Å². The van der Waals surface area contributed by atoms with Crippen LogP contribution >= 0.6 is 0 Å². The highest BCUT2D eigenvalue weighted by atomic mass is 16.5. The summed E-state index contributed by atoms with van der Waals surface area (Å²) >= 11 is 0. The normalized spacial score (nSPS) is 16.7. The van der Waals surface area contributed by atoms with Crippen molar-refractivity contribution in [2.24, 2.45) is 10.5 Å². The first-order valence-electron chi connectivity index (χ1n) is 7.50. The molecule has 0 spiro atoms. The molecular weight excluding hydrogens is 286 g/mol. The van der Waals surface area contributed by atoms with E-state index in [0.29, 0.717) is 25.2 Å². The largest absolute Gasteiger partial charge is 0.465 e. The van der Waals surface area contributed by atoms with Gasteiger partial charge in [0.2, 0.25) is 5.91 Å². The molecular formula is C15H27N3O4. The lowest BCUT2D eigenvalue weighted by Crippen LogP contribution is -2.40. The predicted molar refractivity (Wildman–Crippen MR) is 83.9 cm³/mol. The Morgan fingerprint density at radius 3 is 2.64 bits per heavy atom. The Morgan fingerprint density at radius 1 is 1.50 bits per heavy atom. The number of nitrogens with zero attached hydrogens (tertiary/aromatic N) is 3. The number of carbonyl (C=O) groups is 2. The maximum Gasteiger partial charge on any atom is 0.407 e. The molecule has 1 N–H and O–H groups in total. The molecule has 1 aliphatic rings.